The van der Waals surface area contributed by atoms with Crippen LogP contribution in [0.15, 0.2) is 54.6 Å². The number of anilines is 1. The molecule has 1 saturated heterocycles. The van der Waals surface area contributed by atoms with Gasteiger partial charge in [0.1, 0.15) is 5.41 Å². The fourth-order valence-corrected chi connectivity index (χ4v) is 3.80. The van der Waals surface area contributed by atoms with Crippen molar-refractivity contribution in [3.05, 3.63) is 65.2 Å². The minimum atomic E-state index is -1.15. The van der Waals surface area contributed by atoms with E-state index < -0.39 is 5.41 Å². The van der Waals surface area contributed by atoms with E-state index in [1.807, 2.05) is 11.0 Å². The highest BCUT2D eigenvalue weighted by atomic mass is 35.5. The minimum absolute atomic E-state index is 0.129. The van der Waals surface area contributed by atoms with Gasteiger partial charge in [-0.25, -0.2) is 0 Å². The number of carbonyl (C=O) groups excluding carboxylic acids is 2. The summed E-state index contributed by atoms with van der Waals surface area (Å²) >= 11 is 6.12. The average molecular weight is 399 g/mol. The predicted molar refractivity (Wildman–Crippen MR) is 113 cm³/mol. The number of nitrogens with one attached hydrogen (secondary N) is 1. The molecule has 0 spiro atoms. The zero-order valence-corrected chi connectivity index (χ0v) is 17.2. The summed E-state index contributed by atoms with van der Waals surface area (Å²) in [5.74, 6) is 0.110. The molecule has 2 aromatic carbocycles. The standard InChI is InChI=1S/C23H27ClN2O2/c1-23(2,21(27)25-20-11-7-6-10-19(20)24)22(28)26-14-12-18(13-15-26)16-17-8-4-3-5-9-17/h3-11,18H,12-16H2,1-2H3,(H,25,27). The molecule has 1 heterocycles. The maximum absolute atomic E-state index is 13.0. The molecule has 0 bridgehead atoms. The molecule has 1 aliphatic heterocycles. The highest BCUT2D eigenvalue weighted by Crippen LogP contribution is 2.28. The van der Waals surface area contributed by atoms with Crippen LogP contribution in [0.5, 0.6) is 0 Å². The Morgan fingerprint density at radius 3 is 2.29 bits per heavy atom. The summed E-state index contributed by atoms with van der Waals surface area (Å²) in [6.45, 7) is 4.74. The molecule has 0 aromatic heterocycles. The Morgan fingerprint density at radius 1 is 1.04 bits per heavy atom. The predicted octanol–water partition coefficient (Wildman–Crippen LogP) is 4.79. The molecule has 5 heteroatoms. The molecule has 0 atom stereocenters. The molecular formula is C23H27ClN2O2. The van der Waals surface area contributed by atoms with Crippen LogP contribution < -0.4 is 5.32 Å². The molecule has 0 saturated carbocycles. The van der Waals surface area contributed by atoms with E-state index in [0.29, 0.717) is 29.7 Å². The van der Waals surface area contributed by atoms with Crippen molar-refractivity contribution in [2.24, 2.45) is 11.3 Å². The number of para-hydroxylation sites is 1. The van der Waals surface area contributed by atoms with Crippen molar-refractivity contribution in [2.45, 2.75) is 33.1 Å². The molecule has 1 N–H and O–H groups in total. The van der Waals surface area contributed by atoms with E-state index >= 15 is 0 Å². The first-order valence-electron chi connectivity index (χ1n) is 9.77. The smallest absolute Gasteiger partial charge is 0.239 e. The molecule has 1 fully saturated rings. The second-order valence-corrected chi connectivity index (χ2v) is 8.39. The zero-order valence-electron chi connectivity index (χ0n) is 16.5. The van der Waals surface area contributed by atoms with Crippen LogP contribution in [0.4, 0.5) is 5.69 Å². The monoisotopic (exact) mass is 398 g/mol. The number of amides is 2. The van der Waals surface area contributed by atoms with Crippen LogP contribution >= 0.6 is 11.6 Å². The van der Waals surface area contributed by atoms with Gasteiger partial charge in [-0.2, -0.15) is 0 Å². The van der Waals surface area contributed by atoms with Gasteiger partial charge in [0.25, 0.3) is 0 Å². The zero-order chi connectivity index (χ0) is 20.1. The Kier molecular flexibility index (Phi) is 6.40. The molecule has 0 radical (unpaired) electrons. The minimum Gasteiger partial charge on any atom is -0.342 e. The van der Waals surface area contributed by atoms with Crippen LogP contribution in [0, 0.1) is 11.3 Å². The quantitative estimate of drug-likeness (QED) is 0.736. The fraction of sp³-hybridized carbons (Fsp3) is 0.391. The number of likely N-dealkylation sites (tertiary alicyclic amines) is 1. The lowest BCUT2D eigenvalue weighted by Crippen LogP contribution is -2.50. The molecule has 3 rings (SSSR count). The third-order valence-electron chi connectivity index (χ3n) is 5.49. The Morgan fingerprint density at radius 2 is 1.64 bits per heavy atom. The van der Waals surface area contributed by atoms with E-state index in [0.717, 1.165) is 19.3 Å². The van der Waals surface area contributed by atoms with E-state index in [-0.39, 0.29) is 11.8 Å². The summed E-state index contributed by atoms with van der Waals surface area (Å²) < 4.78 is 0. The summed E-state index contributed by atoms with van der Waals surface area (Å²) in [6.07, 6.45) is 2.96. The Hall–Kier alpha value is -2.33. The summed E-state index contributed by atoms with van der Waals surface area (Å²) in [4.78, 5) is 27.6. The normalized spacial score (nSPS) is 15.3. The van der Waals surface area contributed by atoms with Gasteiger partial charge < -0.3 is 10.2 Å². The van der Waals surface area contributed by atoms with Crippen LogP contribution in [-0.2, 0) is 16.0 Å². The fourth-order valence-electron chi connectivity index (χ4n) is 3.62. The first-order valence-corrected chi connectivity index (χ1v) is 10.1. The van der Waals surface area contributed by atoms with Crippen LogP contribution in [-0.4, -0.2) is 29.8 Å². The molecule has 1 aliphatic rings. The van der Waals surface area contributed by atoms with Gasteiger partial charge in [0.05, 0.1) is 10.7 Å². The van der Waals surface area contributed by atoms with E-state index in [1.54, 1.807) is 38.1 Å². The second kappa shape index (κ2) is 8.78. The number of benzene rings is 2. The van der Waals surface area contributed by atoms with Crippen molar-refractivity contribution in [1.29, 1.82) is 0 Å². The number of hydrogen-bond donors (Lipinski definition) is 1. The van der Waals surface area contributed by atoms with Gasteiger partial charge in [0, 0.05) is 13.1 Å². The average Bonchev–Trinajstić information content (AvgIpc) is 2.70. The lowest BCUT2D eigenvalue weighted by Gasteiger charge is -2.36. The number of piperidine rings is 1. The molecule has 4 nitrogen and oxygen atoms in total. The molecule has 0 unspecified atom stereocenters. The SMILES string of the molecule is CC(C)(C(=O)Nc1ccccc1Cl)C(=O)N1CCC(Cc2ccccc2)CC1. The Balaban J connectivity index is 1.57. The molecule has 2 aromatic rings. The van der Waals surface area contributed by atoms with E-state index in [1.165, 1.54) is 5.56 Å². The Labute approximate surface area is 171 Å². The largest absolute Gasteiger partial charge is 0.342 e. The van der Waals surface area contributed by atoms with Crippen LogP contribution in [0.1, 0.15) is 32.3 Å². The van der Waals surface area contributed by atoms with Gasteiger partial charge >= 0.3 is 0 Å². The van der Waals surface area contributed by atoms with Gasteiger partial charge in [0.15, 0.2) is 0 Å². The number of hydrogen-bond acceptors (Lipinski definition) is 2. The van der Waals surface area contributed by atoms with Gasteiger partial charge in [-0.05, 0) is 56.7 Å². The molecule has 148 valence electrons. The summed E-state index contributed by atoms with van der Waals surface area (Å²) in [5, 5.41) is 3.25. The third kappa shape index (κ3) is 4.74. The number of nitrogens with zero attached hydrogens (tertiary/aromatic N) is 1. The lowest BCUT2D eigenvalue weighted by molar-refractivity contribution is -0.147. The van der Waals surface area contributed by atoms with Crippen LogP contribution in [0.2, 0.25) is 5.02 Å². The van der Waals surface area contributed by atoms with Crippen molar-refractivity contribution in [3.8, 4) is 0 Å². The van der Waals surface area contributed by atoms with E-state index in [9.17, 15) is 9.59 Å². The number of carbonyl (C=O) groups is 2. The second-order valence-electron chi connectivity index (χ2n) is 7.98. The topological polar surface area (TPSA) is 49.4 Å². The maximum atomic E-state index is 13.0. The van der Waals surface area contributed by atoms with Crippen molar-refractivity contribution in [1.82, 2.24) is 4.90 Å². The number of rotatable bonds is 5. The van der Waals surface area contributed by atoms with Crippen LogP contribution in [0.3, 0.4) is 0 Å². The van der Waals surface area contributed by atoms with Crippen molar-refractivity contribution < 1.29 is 9.59 Å². The first kappa shape index (κ1) is 20.4. The highest BCUT2D eigenvalue weighted by Gasteiger charge is 2.40. The molecule has 0 aliphatic carbocycles. The third-order valence-corrected chi connectivity index (χ3v) is 5.82. The van der Waals surface area contributed by atoms with Crippen molar-refractivity contribution in [2.75, 3.05) is 18.4 Å². The van der Waals surface area contributed by atoms with Gasteiger partial charge in [-0.1, -0.05) is 54.1 Å². The molecule has 2 amide bonds. The summed E-state index contributed by atoms with van der Waals surface area (Å²) in [6, 6.07) is 17.5. The van der Waals surface area contributed by atoms with Gasteiger partial charge in [-0.15, -0.1) is 0 Å². The van der Waals surface area contributed by atoms with Gasteiger partial charge in [0.2, 0.25) is 11.8 Å². The number of halogens is 1. The lowest BCUT2D eigenvalue weighted by atomic mass is 9.86. The molecular weight excluding hydrogens is 372 g/mol. The van der Waals surface area contributed by atoms with Crippen LogP contribution in [0.25, 0.3) is 0 Å². The molecule has 28 heavy (non-hydrogen) atoms. The highest BCUT2D eigenvalue weighted by molar-refractivity contribution is 6.33. The maximum Gasteiger partial charge on any atom is 0.239 e. The summed E-state index contributed by atoms with van der Waals surface area (Å²) in [5.41, 5.74) is 0.717. The van der Waals surface area contributed by atoms with Gasteiger partial charge in [-0.3, -0.25) is 9.59 Å². The van der Waals surface area contributed by atoms with E-state index in [2.05, 4.69) is 29.6 Å². The first-order chi connectivity index (χ1) is 13.4. The Bertz CT molecular complexity index is 828. The van der Waals surface area contributed by atoms with E-state index in [4.69, 9.17) is 11.6 Å². The van der Waals surface area contributed by atoms with Crippen molar-refractivity contribution >= 4 is 29.1 Å². The van der Waals surface area contributed by atoms with Crippen molar-refractivity contribution in [3.63, 3.8) is 0 Å². The summed E-state index contributed by atoms with van der Waals surface area (Å²) in [7, 11) is 0.